The van der Waals surface area contributed by atoms with Crippen molar-refractivity contribution in [3.8, 4) is 34.0 Å². The van der Waals surface area contributed by atoms with Crippen molar-refractivity contribution in [3.63, 3.8) is 0 Å². The minimum absolute atomic E-state index is 0.451. The number of aromatic nitrogens is 2. The van der Waals surface area contributed by atoms with E-state index in [4.69, 9.17) is 20.9 Å². The fraction of sp³-hybridized carbons (Fsp3) is 0.0769. The lowest BCUT2D eigenvalue weighted by Gasteiger charge is -2.13. The normalized spacial score (nSPS) is 10.8. The molecule has 0 aliphatic rings. The number of nitrogen functional groups attached to an aromatic ring is 2. The zero-order valence-electron chi connectivity index (χ0n) is 18.2. The number of nitrogens with two attached hydrogens (primary N) is 2. The largest absolute Gasteiger partial charge is 0.489 e. The summed E-state index contributed by atoms with van der Waals surface area (Å²) >= 11 is 2.87. The van der Waals surface area contributed by atoms with Crippen molar-refractivity contribution in [2.45, 2.75) is 13.2 Å². The molecule has 0 amide bonds. The van der Waals surface area contributed by atoms with Crippen LogP contribution in [-0.4, -0.2) is 9.97 Å². The van der Waals surface area contributed by atoms with E-state index in [0.29, 0.717) is 23.5 Å². The van der Waals surface area contributed by atoms with Crippen LogP contribution in [0.1, 0.15) is 11.1 Å². The maximum absolute atomic E-state index is 6.03. The van der Waals surface area contributed by atoms with E-state index in [0.717, 1.165) is 45.1 Å². The highest BCUT2D eigenvalue weighted by molar-refractivity contribution is 7.14. The van der Waals surface area contributed by atoms with Gasteiger partial charge in [-0.1, -0.05) is 24.3 Å². The first kappa shape index (κ1) is 21.9. The number of rotatable bonds is 8. The molecule has 0 bridgehead atoms. The van der Waals surface area contributed by atoms with Gasteiger partial charge in [-0.05, 0) is 59.7 Å². The van der Waals surface area contributed by atoms with E-state index < -0.39 is 0 Å². The van der Waals surface area contributed by atoms with Crippen LogP contribution < -0.4 is 20.9 Å². The molecule has 0 atom stereocenters. The second-order valence-corrected chi connectivity index (χ2v) is 9.32. The predicted octanol–water partition coefficient (Wildman–Crippen LogP) is 6.26. The molecule has 0 aliphatic heterocycles. The van der Waals surface area contributed by atoms with Gasteiger partial charge in [-0.15, -0.1) is 22.7 Å². The summed E-state index contributed by atoms with van der Waals surface area (Å²) in [4.78, 5) is 8.63. The third-order valence-corrected chi connectivity index (χ3v) is 6.60. The van der Waals surface area contributed by atoms with Crippen molar-refractivity contribution < 1.29 is 9.47 Å². The third kappa shape index (κ3) is 5.19. The molecule has 8 heteroatoms. The summed E-state index contributed by atoms with van der Waals surface area (Å²) in [5.74, 6) is 1.59. The molecule has 0 fully saturated rings. The molecule has 0 unspecified atom stereocenters. The molecule has 6 nitrogen and oxygen atoms in total. The topological polar surface area (TPSA) is 96.3 Å². The van der Waals surface area contributed by atoms with Crippen LogP contribution in [0.25, 0.3) is 22.5 Å². The van der Waals surface area contributed by atoms with E-state index in [1.54, 1.807) is 0 Å². The highest BCUT2D eigenvalue weighted by Crippen LogP contribution is 2.27. The first-order valence-corrected chi connectivity index (χ1v) is 12.4. The molecule has 5 aromatic rings. The van der Waals surface area contributed by atoms with Gasteiger partial charge in [0.15, 0.2) is 10.3 Å². The maximum atomic E-state index is 6.03. The molecule has 5 rings (SSSR count). The van der Waals surface area contributed by atoms with Gasteiger partial charge in [0.1, 0.15) is 24.7 Å². The number of anilines is 2. The number of benzene rings is 3. The molecule has 34 heavy (non-hydrogen) atoms. The number of hydrogen-bond acceptors (Lipinski definition) is 8. The van der Waals surface area contributed by atoms with Gasteiger partial charge in [-0.3, -0.25) is 0 Å². The monoisotopic (exact) mass is 486 g/mol. The highest BCUT2D eigenvalue weighted by atomic mass is 32.1. The molecule has 2 aromatic heterocycles. The minimum atomic E-state index is 0.451. The Kier molecular flexibility index (Phi) is 6.42. The molecule has 170 valence electrons. The van der Waals surface area contributed by atoms with Gasteiger partial charge >= 0.3 is 0 Å². The maximum Gasteiger partial charge on any atom is 0.180 e. The van der Waals surface area contributed by atoms with Crippen LogP contribution in [0.15, 0.2) is 83.6 Å². The van der Waals surface area contributed by atoms with Crippen LogP contribution in [0, 0.1) is 0 Å². The van der Waals surface area contributed by atoms with Crippen molar-refractivity contribution in [1.29, 1.82) is 0 Å². The molecule has 3 aromatic carbocycles. The first-order valence-electron chi connectivity index (χ1n) is 10.6. The van der Waals surface area contributed by atoms with Gasteiger partial charge in [0, 0.05) is 21.9 Å². The average Bonchev–Trinajstić information content (AvgIpc) is 3.51. The van der Waals surface area contributed by atoms with Gasteiger partial charge < -0.3 is 20.9 Å². The summed E-state index contributed by atoms with van der Waals surface area (Å²) in [6.45, 7) is 0.902. The number of ether oxygens (including phenoxy) is 2. The fourth-order valence-electron chi connectivity index (χ4n) is 3.45. The van der Waals surface area contributed by atoms with Crippen LogP contribution in [-0.2, 0) is 13.2 Å². The zero-order chi connectivity index (χ0) is 23.3. The molecule has 0 saturated carbocycles. The zero-order valence-corrected chi connectivity index (χ0v) is 19.8. The molecule has 4 N–H and O–H groups in total. The van der Waals surface area contributed by atoms with Crippen LogP contribution in [0.2, 0.25) is 0 Å². The highest BCUT2D eigenvalue weighted by Gasteiger charge is 2.07. The standard InChI is InChI=1S/C26H22N4O2S2/c27-25-29-23(15-33-25)17-5-9-21(10-6-17)31-13-19-3-1-2-4-20(19)14-32-22-11-7-18(8-12-22)24-16-34-26(28)30-24/h1-12,15-16H,13-14H2,(H2,27,29)(H2,28,30). The van der Waals surface area contributed by atoms with Gasteiger partial charge in [0.2, 0.25) is 0 Å². The Morgan fingerprint density at radius 2 is 1.00 bits per heavy atom. The van der Waals surface area contributed by atoms with Gasteiger partial charge in [0.05, 0.1) is 11.4 Å². The second-order valence-electron chi connectivity index (χ2n) is 7.54. The SMILES string of the molecule is Nc1nc(-c2ccc(OCc3ccccc3COc3ccc(-c4csc(N)n4)cc3)cc2)cs1. The van der Waals surface area contributed by atoms with E-state index >= 15 is 0 Å². The molecule has 0 spiro atoms. The molecular formula is C26H22N4O2S2. The summed E-state index contributed by atoms with van der Waals surface area (Å²) in [5.41, 5.74) is 17.4. The Balaban J connectivity index is 1.20. The minimum Gasteiger partial charge on any atom is -0.489 e. The van der Waals surface area contributed by atoms with Crippen LogP contribution in [0.4, 0.5) is 10.3 Å². The summed E-state index contributed by atoms with van der Waals surface area (Å²) in [6, 6.07) is 23.9. The Labute approximate surface area is 205 Å². The average molecular weight is 487 g/mol. The lowest BCUT2D eigenvalue weighted by molar-refractivity contribution is 0.285. The number of hydrogen-bond donors (Lipinski definition) is 2. The van der Waals surface area contributed by atoms with Crippen molar-refractivity contribution in [2.75, 3.05) is 11.5 Å². The lowest BCUT2D eigenvalue weighted by Crippen LogP contribution is -2.03. The van der Waals surface area contributed by atoms with E-state index in [9.17, 15) is 0 Å². The van der Waals surface area contributed by atoms with Crippen molar-refractivity contribution in [1.82, 2.24) is 9.97 Å². The molecule has 0 radical (unpaired) electrons. The first-order chi connectivity index (χ1) is 16.6. The molecule has 0 aliphatic carbocycles. The van der Waals surface area contributed by atoms with E-state index in [1.165, 1.54) is 22.7 Å². The van der Waals surface area contributed by atoms with Crippen molar-refractivity contribution >= 4 is 32.9 Å². The Bertz CT molecular complexity index is 1270. The number of thiazole rings is 2. The quantitative estimate of drug-likeness (QED) is 0.269. The third-order valence-electron chi connectivity index (χ3n) is 5.25. The van der Waals surface area contributed by atoms with Gasteiger partial charge in [-0.25, -0.2) is 9.97 Å². The lowest BCUT2D eigenvalue weighted by atomic mass is 10.1. The molecule has 2 heterocycles. The van der Waals surface area contributed by atoms with Crippen molar-refractivity contribution in [3.05, 3.63) is 94.7 Å². The summed E-state index contributed by atoms with van der Waals surface area (Å²) in [6.07, 6.45) is 0. The number of nitrogens with zero attached hydrogens (tertiary/aromatic N) is 2. The Morgan fingerprint density at radius 3 is 1.35 bits per heavy atom. The second kappa shape index (κ2) is 9.94. The fourth-order valence-corrected chi connectivity index (χ4v) is 4.59. The van der Waals surface area contributed by atoms with Crippen LogP contribution in [0.5, 0.6) is 11.5 Å². The predicted molar refractivity (Wildman–Crippen MR) is 139 cm³/mol. The van der Waals surface area contributed by atoms with Crippen molar-refractivity contribution in [2.24, 2.45) is 0 Å². The molecule has 0 saturated heterocycles. The molecular weight excluding hydrogens is 464 g/mol. The van der Waals surface area contributed by atoms with E-state index in [-0.39, 0.29) is 0 Å². The van der Waals surface area contributed by atoms with E-state index in [2.05, 4.69) is 22.1 Å². The summed E-state index contributed by atoms with van der Waals surface area (Å²) in [7, 11) is 0. The van der Waals surface area contributed by atoms with Crippen LogP contribution >= 0.6 is 22.7 Å². The summed E-state index contributed by atoms with van der Waals surface area (Å²) in [5, 5.41) is 5.03. The Hall–Kier alpha value is -3.88. The van der Waals surface area contributed by atoms with Gasteiger partial charge in [0.25, 0.3) is 0 Å². The Morgan fingerprint density at radius 1 is 0.588 bits per heavy atom. The smallest absolute Gasteiger partial charge is 0.180 e. The van der Waals surface area contributed by atoms with Crippen LogP contribution in [0.3, 0.4) is 0 Å². The van der Waals surface area contributed by atoms with E-state index in [1.807, 2.05) is 71.4 Å². The summed E-state index contributed by atoms with van der Waals surface area (Å²) < 4.78 is 12.1. The van der Waals surface area contributed by atoms with Gasteiger partial charge in [-0.2, -0.15) is 0 Å².